The van der Waals surface area contributed by atoms with Gasteiger partial charge < -0.3 is 24.8 Å². The molecule has 2 fully saturated rings. The van der Waals surface area contributed by atoms with Crippen LogP contribution in [0.15, 0.2) is 54.9 Å². The van der Waals surface area contributed by atoms with Gasteiger partial charge in [0.25, 0.3) is 5.91 Å². The molecule has 0 radical (unpaired) electrons. The van der Waals surface area contributed by atoms with Crippen LogP contribution in [0.3, 0.4) is 0 Å². The van der Waals surface area contributed by atoms with E-state index in [1.165, 1.54) is 6.20 Å². The molecule has 8 nitrogen and oxygen atoms in total. The summed E-state index contributed by atoms with van der Waals surface area (Å²) in [4.78, 5) is 31.3. The number of pyridine rings is 1. The molecule has 0 saturated carbocycles. The number of carbonyl (C=O) groups excluding carboxylic acids is 2. The first-order chi connectivity index (χ1) is 15.6. The molecule has 4 atom stereocenters. The molecule has 2 amide bonds. The van der Waals surface area contributed by atoms with Gasteiger partial charge in [-0.1, -0.05) is 30.3 Å². The Labute approximate surface area is 187 Å². The highest BCUT2D eigenvalue weighted by molar-refractivity contribution is 5.94. The third-order valence-electron chi connectivity index (χ3n) is 5.90. The van der Waals surface area contributed by atoms with E-state index in [-0.39, 0.29) is 56.2 Å². The van der Waals surface area contributed by atoms with Crippen LogP contribution in [-0.4, -0.2) is 70.9 Å². The maximum Gasteiger partial charge on any atom is 0.255 e. The van der Waals surface area contributed by atoms with Gasteiger partial charge in [0.1, 0.15) is 6.10 Å². The van der Waals surface area contributed by atoms with Crippen molar-refractivity contribution in [3.05, 3.63) is 66.0 Å². The number of nitrogens with one attached hydrogen (secondary N) is 1. The summed E-state index contributed by atoms with van der Waals surface area (Å²) in [6.45, 7) is 1.04. The Kier molecular flexibility index (Phi) is 7.47. The number of carbonyl (C=O) groups is 2. The van der Waals surface area contributed by atoms with E-state index >= 15 is 0 Å². The Morgan fingerprint density at radius 2 is 1.97 bits per heavy atom. The lowest BCUT2D eigenvalue weighted by Crippen LogP contribution is -2.57. The monoisotopic (exact) mass is 439 g/mol. The van der Waals surface area contributed by atoms with Crippen LogP contribution in [0, 0.1) is 0 Å². The third kappa shape index (κ3) is 5.70. The summed E-state index contributed by atoms with van der Waals surface area (Å²) in [5.41, 5.74) is 1.52. The second-order valence-corrected chi connectivity index (χ2v) is 8.30. The number of β-amino-alcohol motifs (C(OH)–C–C–N with tert-alkyl or cyclic N) is 1. The first kappa shape index (κ1) is 22.4. The topological polar surface area (TPSA) is 101 Å². The Morgan fingerprint density at radius 1 is 1.12 bits per heavy atom. The van der Waals surface area contributed by atoms with Gasteiger partial charge in [0.2, 0.25) is 5.91 Å². The number of ether oxygens (including phenoxy) is 2. The second-order valence-electron chi connectivity index (χ2n) is 8.30. The molecule has 2 saturated heterocycles. The van der Waals surface area contributed by atoms with E-state index in [2.05, 4.69) is 10.3 Å². The Hall–Kier alpha value is -2.81. The van der Waals surface area contributed by atoms with Crippen molar-refractivity contribution in [2.45, 2.75) is 50.2 Å². The van der Waals surface area contributed by atoms with Gasteiger partial charge in [-0.15, -0.1) is 0 Å². The number of nitrogens with zero attached hydrogens (tertiary/aromatic N) is 2. The fourth-order valence-electron chi connectivity index (χ4n) is 4.30. The van der Waals surface area contributed by atoms with Gasteiger partial charge >= 0.3 is 0 Å². The van der Waals surface area contributed by atoms with Gasteiger partial charge in [-0.2, -0.15) is 0 Å². The summed E-state index contributed by atoms with van der Waals surface area (Å²) in [7, 11) is 0. The molecule has 0 spiro atoms. The Balaban J connectivity index is 1.38. The molecule has 1 aromatic carbocycles. The number of benzene rings is 1. The van der Waals surface area contributed by atoms with E-state index in [0.29, 0.717) is 24.9 Å². The molecule has 2 aromatic rings. The minimum Gasteiger partial charge on any atom is -0.389 e. The average molecular weight is 440 g/mol. The van der Waals surface area contributed by atoms with Gasteiger partial charge in [0.05, 0.1) is 43.4 Å². The number of aliphatic hydroxyl groups excluding tert-OH is 1. The van der Waals surface area contributed by atoms with Gasteiger partial charge in [-0.05, 0) is 30.5 Å². The van der Waals surface area contributed by atoms with Crippen LogP contribution in [0.1, 0.15) is 35.2 Å². The lowest BCUT2D eigenvalue weighted by atomic mass is 9.94. The highest BCUT2D eigenvalue weighted by Gasteiger charge is 2.40. The standard InChI is InChI=1S/C24H29N3O5/c28-19-14-27(24(30)18-7-4-10-25-13-18)21-9-8-20(32-22(21)16-31-15-19)11-23(29)26-12-17-5-2-1-3-6-17/h1-7,10,13,19-22,28H,8-9,11-12,14-16H2,(H,26,29)/t19-,20-,21+,22-/m1/s1. The predicted octanol–water partition coefficient (Wildman–Crippen LogP) is 1.54. The molecule has 170 valence electrons. The Morgan fingerprint density at radius 3 is 2.75 bits per heavy atom. The maximum atomic E-state index is 13.2. The minimum absolute atomic E-state index is 0.0669. The normalized spacial score (nSPS) is 25.8. The van der Waals surface area contributed by atoms with E-state index in [9.17, 15) is 14.7 Å². The van der Waals surface area contributed by atoms with Crippen molar-refractivity contribution in [3.63, 3.8) is 0 Å². The molecule has 2 aliphatic rings. The number of rotatable bonds is 5. The van der Waals surface area contributed by atoms with Crippen LogP contribution < -0.4 is 5.32 Å². The number of aromatic nitrogens is 1. The number of hydrogen-bond acceptors (Lipinski definition) is 6. The zero-order valence-corrected chi connectivity index (χ0v) is 17.9. The van der Waals surface area contributed by atoms with Crippen LogP contribution in [0.25, 0.3) is 0 Å². The minimum atomic E-state index is -0.766. The van der Waals surface area contributed by atoms with Gasteiger partial charge in [0.15, 0.2) is 0 Å². The van der Waals surface area contributed by atoms with Crippen molar-refractivity contribution in [2.24, 2.45) is 0 Å². The maximum absolute atomic E-state index is 13.2. The molecule has 0 aliphatic carbocycles. The highest BCUT2D eigenvalue weighted by atomic mass is 16.5. The van der Waals surface area contributed by atoms with E-state index in [1.54, 1.807) is 23.2 Å². The van der Waals surface area contributed by atoms with Gasteiger partial charge in [-0.3, -0.25) is 14.6 Å². The molecule has 32 heavy (non-hydrogen) atoms. The van der Waals surface area contributed by atoms with Crippen molar-refractivity contribution in [1.29, 1.82) is 0 Å². The summed E-state index contributed by atoms with van der Waals surface area (Å²) in [6, 6.07) is 13.0. The van der Waals surface area contributed by atoms with Crippen LogP contribution in [0.4, 0.5) is 0 Å². The molecule has 0 unspecified atom stereocenters. The van der Waals surface area contributed by atoms with E-state index in [1.807, 2.05) is 30.3 Å². The summed E-state index contributed by atoms with van der Waals surface area (Å²) in [6.07, 6.45) is 3.36. The molecule has 2 aliphatic heterocycles. The van der Waals surface area contributed by atoms with Crippen LogP contribution in [0.5, 0.6) is 0 Å². The quantitative estimate of drug-likeness (QED) is 0.733. The fraction of sp³-hybridized carbons (Fsp3) is 0.458. The number of aliphatic hydroxyl groups is 1. The van der Waals surface area contributed by atoms with Crippen LogP contribution in [0.2, 0.25) is 0 Å². The van der Waals surface area contributed by atoms with Crippen LogP contribution >= 0.6 is 0 Å². The zero-order valence-electron chi connectivity index (χ0n) is 17.9. The number of amides is 2. The van der Waals surface area contributed by atoms with E-state index in [0.717, 1.165) is 5.56 Å². The number of hydrogen-bond donors (Lipinski definition) is 2. The first-order valence-electron chi connectivity index (χ1n) is 11.0. The summed E-state index contributed by atoms with van der Waals surface area (Å²) >= 11 is 0. The molecular formula is C24H29N3O5. The molecule has 3 heterocycles. The highest BCUT2D eigenvalue weighted by Crippen LogP contribution is 2.28. The van der Waals surface area contributed by atoms with Crippen molar-refractivity contribution in [2.75, 3.05) is 19.8 Å². The molecule has 8 heteroatoms. The fourth-order valence-corrected chi connectivity index (χ4v) is 4.30. The molecule has 0 bridgehead atoms. The molecule has 1 aromatic heterocycles. The van der Waals surface area contributed by atoms with Gasteiger partial charge in [0, 0.05) is 25.5 Å². The summed E-state index contributed by atoms with van der Waals surface area (Å²) < 4.78 is 11.8. The van der Waals surface area contributed by atoms with Crippen molar-refractivity contribution < 1.29 is 24.2 Å². The third-order valence-corrected chi connectivity index (χ3v) is 5.90. The first-order valence-corrected chi connectivity index (χ1v) is 11.0. The van der Waals surface area contributed by atoms with E-state index in [4.69, 9.17) is 9.47 Å². The number of fused-ring (bicyclic) bond motifs is 1. The molecular weight excluding hydrogens is 410 g/mol. The van der Waals surface area contributed by atoms with Crippen molar-refractivity contribution in [1.82, 2.24) is 15.2 Å². The largest absolute Gasteiger partial charge is 0.389 e. The smallest absolute Gasteiger partial charge is 0.255 e. The lowest BCUT2D eigenvalue weighted by Gasteiger charge is -2.44. The SMILES string of the molecule is O=C(C[C@H]1CC[C@H]2[C@@H](COC[C@H](O)CN2C(=O)c2cccnc2)O1)NCc1ccccc1. The Bertz CT molecular complexity index is 895. The average Bonchev–Trinajstić information content (AvgIpc) is 2.81. The molecule has 2 N–H and O–H groups in total. The van der Waals surface area contributed by atoms with Crippen LogP contribution in [-0.2, 0) is 20.8 Å². The molecule has 4 rings (SSSR count). The predicted molar refractivity (Wildman–Crippen MR) is 117 cm³/mol. The lowest BCUT2D eigenvalue weighted by molar-refractivity contribution is -0.151. The summed E-state index contributed by atoms with van der Waals surface area (Å²) in [5, 5.41) is 13.2. The zero-order chi connectivity index (χ0) is 22.3. The van der Waals surface area contributed by atoms with E-state index < -0.39 is 6.10 Å². The van der Waals surface area contributed by atoms with Crippen molar-refractivity contribution in [3.8, 4) is 0 Å². The van der Waals surface area contributed by atoms with Gasteiger partial charge in [-0.25, -0.2) is 0 Å². The second kappa shape index (κ2) is 10.7. The van der Waals surface area contributed by atoms with Crippen molar-refractivity contribution >= 4 is 11.8 Å². The summed E-state index contributed by atoms with van der Waals surface area (Å²) in [5.74, 6) is -0.250.